The summed E-state index contributed by atoms with van der Waals surface area (Å²) in [5.74, 6) is -0.897. The largest absolute Gasteiger partial charge is 0.449 e. The predicted molar refractivity (Wildman–Crippen MR) is 115 cm³/mol. The highest BCUT2D eigenvalue weighted by molar-refractivity contribution is 6.30. The van der Waals surface area contributed by atoms with E-state index in [9.17, 15) is 19.4 Å². The molecule has 4 rings (SSSR count). The molecule has 2 unspecified atom stereocenters. The summed E-state index contributed by atoms with van der Waals surface area (Å²) < 4.78 is 19.4. The van der Waals surface area contributed by atoms with Gasteiger partial charge in [0.05, 0.1) is 5.02 Å². The van der Waals surface area contributed by atoms with Crippen molar-refractivity contribution >= 4 is 17.7 Å². The van der Waals surface area contributed by atoms with E-state index >= 15 is 0 Å². The predicted octanol–water partition coefficient (Wildman–Crippen LogP) is 4.41. The van der Waals surface area contributed by atoms with Crippen molar-refractivity contribution in [2.45, 2.75) is 18.1 Å². The Labute approximate surface area is 184 Å². The molecule has 7 heteroatoms. The van der Waals surface area contributed by atoms with Gasteiger partial charge in [0.1, 0.15) is 24.6 Å². The smallest absolute Gasteiger partial charge is 0.407 e. The molecule has 0 radical (unpaired) electrons. The van der Waals surface area contributed by atoms with Gasteiger partial charge in [-0.1, -0.05) is 72.3 Å². The van der Waals surface area contributed by atoms with Crippen LogP contribution >= 0.6 is 11.6 Å². The highest BCUT2D eigenvalue weighted by Gasteiger charge is 2.29. The average Bonchev–Trinajstić information content (AvgIpc) is 3.11. The van der Waals surface area contributed by atoms with E-state index in [2.05, 4.69) is 5.32 Å². The highest BCUT2D eigenvalue weighted by atomic mass is 35.5. The number of aliphatic hydroxyl groups excluding tert-OH is 2. The Hall–Kier alpha value is -2.93. The van der Waals surface area contributed by atoms with Crippen molar-refractivity contribution in [2.24, 2.45) is 0 Å². The third-order valence-electron chi connectivity index (χ3n) is 5.46. The number of hydrogen-bond donors (Lipinski definition) is 3. The fourth-order valence-electron chi connectivity index (χ4n) is 3.91. The van der Waals surface area contributed by atoms with E-state index in [-0.39, 0.29) is 29.7 Å². The molecule has 0 bridgehead atoms. The van der Waals surface area contributed by atoms with Crippen LogP contribution in [0.4, 0.5) is 9.18 Å². The SMILES string of the molecule is O=C(NCC(O)C(O)c1cccc(Cl)c1F)OCC1c2ccccc2-c2ccccc21. The zero-order valence-electron chi connectivity index (χ0n) is 16.5. The van der Waals surface area contributed by atoms with Gasteiger partial charge < -0.3 is 20.3 Å². The zero-order chi connectivity index (χ0) is 22.0. The molecule has 0 saturated heterocycles. The minimum Gasteiger partial charge on any atom is -0.449 e. The van der Waals surface area contributed by atoms with Crippen LogP contribution < -0.4 is 5.32 Å². The zero-order valence-corrected chi connectivity index (χ0v) is 17.2. The fraction of sp³-hybridized carbons (Fsp3) is 0.208. The summed E-state index contributed by atoms with van der Waals surface area (Å²) in [4.78, 5) is 12.2. The van der Waals surface area contributed by atoms with E-state index in [1.54, 1.807) is 0 Å². The molecule has 1 aliphatic rings. The number of rotatable bonds is 6. The molecule has 3 aromatic carbocycles. The summed E-state index contributed by atoms with van der Waals surface area (Å²) in [7, 11) is 0. The minimum absolute atomic E-state index is 0.0887. The van der Waals surface area contributed by atoms with Crippen molar-refractivity contribution < 1.29 is 24.1 Å². The van der Waals surface area contributed by atoms with Gasteiger partial charge >= 0.3 is 6.09 Å². The van der Waals surface area contributed by atoms with Crippen molar-refractivity contribution in [3.05, 3.63) is 94.3 Å². The highest BCUT2D eigenvalue weighted by Crippen LogP contribution is 2.44. The molecule has 0 fully saturated rings. The summed E-state index contributed by atoms with van der Waals surface area (Å²) in [6, 6.07) is 20.1. The van der Waals surface area contributed by atoms with E-state index < -0.39 is 24.1 Å². The second kappa shape index (κ2) is 9.06. The van der Waals surface area contributed by atoms with Crippen molar-refractivity contribution in [2.75, 3.05) is 13.2 Å². The molecule has 3 aromatic rings. The molecule has 0 spiro atoms. The number of aliphatic hydroxyl groups is 2. The topological polar surface area (TPSA) is 78.8 Å². The monoisotopic (exact) mass is 441 g/mol. The van der Waals surface area contributed by atoms with E-state index in [1.807, 2.05) is 48.5 Å². The van der Waals surface area contributed by atoms with Crippen molar-refractivity contribution in [3.8, 4) is 11.1 Å². The van der Waals surface area contributed by atoms with Crippen LogP contribution in [0.1, 0.15) is 28.7 Å². The lowest BCUT2D eigenvalue weighted by molar-refractivity contribution is 0.0165. The van der Waals surface area contributed by atoms with Gasteiger partial charge in [0, 0.05) is 18.0 Å². The molecular formula is C24H21ClFNO4. The third-order valence-corrected chi connectivity index (χ3v) is 5.76. The number of carbonyl (C=O) groups excluding carboxylic acids is 1. The van der Waals surface area contributed by atoms with Gasteiger partial charge in [-0.15, -0.1) is 0 Å². The maximum Gasteiger partial charge on any atom is 0.407 e. The quantitative estimate of drug-likeness (QED) is 0.529. The van der Waals surface area contributed by atoms with Crippen LogP contribution in [-0.2, 0) is 4.74 Å². The molecule has 1 aliphatic carbocycles. The number of fused-ring (bicyclic) bond motifs is 3. The molecule has 0 aliphatic heterocycles. The van der Waals surface area contributed by atoms with Crippen molar-refractivity contribution in [3.63, 3.8) is 0 Å². The molecule has 5 nitrogen and oxygen atoms in total. The fourth-order valence-corrected chi connectivity index (χ4v) is 4.09. The Morgan fingerprint density at radius 3 is 2.26 bits per heavy atom. The van der Waals surface area contributed by atoms with Crippen LogP contribution in [0, 0.1) is 5.82 Å². The van der Waals surface area contributed by atoms with Gasteiger partial charge in [0.2, 0.25) is 0 Å². The molecule has 0 heterocycles. The first-order valence-electron chi connectivity index (χ1n) is 9.86. The summed E-state index contributed by atoms with van der Waals surface area (Å²) in [5, 5.41) is 22.6. The normalized spacial score (nSPS) is 14.5. The van der Waals surface area contributed by atoms with Gasteiger partial charge in [0.25, 0.3) is 0 Å². The Bertz CT molecular complexity index is 1060. The van der Waals surface area contributed by atoms with Gasteiger partial charge in [-0.3, -0.25) is 0 Å². The minimum atomic E-state index is -1.55. The third kappa shape index (κ3) is 4.28. The summed E-state index contributed by atoms with van der Waals surface area (Å²) in [6.45, 7) is -0.189. The molecule has 0 aromatic heterocycles. The van der Waals surface area contributed by atoms with E-state index in [0.29, 0.717) is 0 Å². The van der Waals surface area contributed by atoms with Crippen LogP contribution in [0.5, 0.6) is 0 Å². The molecule has 0 saturated carbocycles. The van der Waals surface area contributed by atoms with Crippen LogP contribution in [0.15, 0.2) is 66.7 Å². The number of ether oxygens (including phenoxy) is 1. The van der Waals surface area contributed by atoms with Gasteiger partial charge in [-0.05, 0) is 28.3 Å². The number of hydrogen-bond acceptors (Lipinski definition) is 4. The first-order valence-corrected chi connectivity index (χ1v) is 10.2. The lowest BCUT2D eigenvalue weighted by atomic mass is 9.98. The second-order valence-electron chi connectivity index (χ2n) is 7.36. The molecule has 1 amide bonds. The lowest BCUT2D eigenvalue weighted by Crippen LogP contribution is -2.36. The Balaban J connectivity index is 1.35. The maximum absolute atomic E-state index is 14.0. The second-order valence-corrected chi connectivity index (χ2v) is 7.77. The summed E-state index contributed by atoms with van der Waals surface area (Å²) in [5.41, 5.74) is 4.27. The summed E-state index contributed by atoms with van der Waals surface area (Å²) >= 11 is 5.71. The molecule has 31 heavy (non-hydrogen) atoms. The maximum atomic E-state index is 14.0. The standard InChI is InChI=1S/C24H21ClFNO4/c25-20-11-5-10-18(22(20)26)23(29)21(28)12-27-24(30)31-13-19-16-8-3-1-6-14(16)15-7-2-4-9-17(15)19/h1-11,19,21,23,28-29H,12-13H2,(H,27,30). The Morgan fingerprint density at radius 2 is 1.61 bits per heavy atom. The lowest BCUT2D eigenvalue weighted by Gasteiger charge is -2.20. The number of alkyl carbamates (subject to hydrolysis) is 1. The van der Waals surface area contributed by atoms with E-state index in [4.69, 9.17) is 16.3 Å². The Kier molecular flexibility index (Phi) is 6.23. The van der Waals surface area contributed by atoms with Crippen LogP contribution in [-0.4, -0.2) is 35.6 Å². The first kappa shape index (κ1) is 21.3. The van der Waals surface area contributed by atoms with Crippen LogP contribution in [0.3, 0.4) is 0 Å². The molecule has 160 valence electrons. The number of halogens is 2. The molecule has 3 N–H and O–H groups in total. The number of nitrogens with one attached hydrogen (secondary N) is 1. The van der Waals surface area contributed by atoms with Crippen LogP contribution in [0.25, 0.3) is 11.1 Å². The van der Waals surface area contributed by atoms with E-state index in [0.717, 1.165) is 22.3 Å². The molecular weight excluding hydrogens is 421 g/mol. The number of benzene rings is 3. The first-order chi connectivity index (χ1) is 15.0. The van der Waals surface area contributed by atoms with Gasteiger partial charge in [-0.25, -0.2) is 9.18 Å². The average molecular weight is 442 g/mol. The van der Waals surface area contributed by atoms with Gasteiger partial charge in [0.15, 0.2) is 0 Å². The van der Waals surface area contributed by atoms with E-state index in [1.165, 1.54) is 18.2 Å². The number of amides is 1. The Morgan fingerprint density at radius 1 is 1.00 bits per heavy atom. The van der Waals surface area contributed by atoms with Crippen LogP contribution in [0.2, 0.25) is 5.02 Å². The summed E-state index contributed by atoms with van der Waals surface area (Å²) in [6.07, 6.45) is -3.72. The van der Waals surface area contributed by atoms with Gasteiger partial charge in [-0.2, -0.15) is 0 Å². The molecule has 2 atom stereocenters. The van der Waals surface area contributed by atoms with Crippen molar-refractivity contribution in [1.82, 2.24) is 5.32 Å². The van der Waals surface area contributed by atoms with Crippen molar-refractivity contribution in [1.29, 1.82) is 0 Å². The number of carbonyl (C=O) groups is 1.